The number of methoxy groups -OCH3 is 1. The molecule has 0 radical (unpaired) electrons. The number of amides is 2. The van der Waals surface area contributed by atoms with Gasteiger partial charge in [0.15, 0.2) is 11.5 Å². The summed E-state index contributed by atoms with van der Waals surface area (Å²) in [6.07, 6.45) is 3.12. The van der Waals surface area contributed by atoms with Crippen LogP contribution >= 0.6 is 0 Å². The van der Waals surface area contributed by atoms with E-state index in [-0.39, 0.29) is 18.6 Å². The van der Waals surface area contributed by atoms with Gasteiger partial charge in [-0.05, 0) is 53.6 Å². The molecular weight excluding hydrogens is 420 g/mol. The van der Waals surface area contributed by atoms with Crippen molar-refractivity contribution >= 4 is 23.6 Å². The molecule has 33 heavy (non-hydrogen) atoms. The molecule has 0 aromatic heterocycles. The number of fused-ring (bicyclic) bond motifs is 1. The minimum atomic E-state index is -0.817. The van der Waals surface area contributed by atoms with Crippen molar-refractivity contribution in [2.24, 2.45) is 0 Å². The summed E-state index contributed by atoms with van der Waals surface area (Å²) in [6, 6.07) is 20.8. The van der Waals surface area contributed by atoms with Gasteiger partial charge in [-0.15, -0.1) is 0 Å². The Bertz CT molecular complexity index is 1160. The van der Waals surface area contributed by atoms with Gasteiger partial charge in [0, 0.05) is 18.8 Å². The highest BCUT2D eigenvalue weighted by Gasteiger charge is 2.27. The van der Waals surface area contributed by atoms with Gasteiger partial charge in [-0.2, -0.15) is 0 Å². The first-order chi connectivity index (χ1) is 16.0. The van der Waals surface area contributed by atoms with Crippen molar-refractivity contribution in [2.75, 3.05) is 26.3 Å². The highest BCUT2D eigenvalue weighted by Crippen LogP contribution is 2.33. The van der Waals surface area contributed by atoms with E-state index in [0.717, 1.165) is 5.56 Å². The maximum Gasteiger partial charge on any atom is 0.251 e. The fourth-order valence-electron chi connectivity index (χ4n) is 3.50. The van der Waals surface area contributed by atoms with Gasteiger partial charge >= 0.3 is 0 Å². The van der Waals surface area contributed by atoms with Crippen molar-refractivity contribution < 1.29 is 23.8 Å². The Morgan fingerprint density at radius 1 is 1.00 bits per heavy atom. The summed E-state index contributed by atoms with van der Waals surface area (Å²) in [6.45, 7) is 0.187. The van der Waals surface area contributed by atoms with Crippen LogP contribution in [0.1, 0.15) is 17.2 Å². The van der Waals surface area contributed by atoms with Gasteiger partial charge in [-0.1, -0.05) is 36.4 Å². The Balaban J connectivity index is 1.53. The van der Waals surface area contributed by atoms with Gasteiger partial charge in [0.05, 0.1) is 7.11 Å². The first-order valence-corrected chi connectivity index (χ1v) is 10.4. The molecule has 0 fully saturated rings. The summed E-state index contributed by atoms with van der Waals surface area (Å²) < 4.78 is 15.9. The SMILES string of the molecule is COc1ccc(NC(=O)[C@@H](c2ccccc2)N(C)C(=O)/C=C/c2ccc3c(c2)OCO3)cc1. The molecule has 1 aliphatic rings. The molecule has 3 aromatic carbocycles. The van der Waals surface area contributed by atoms with E-state index < -0.39 is 6.04 Å². The van der Waals surface area contributed by atoms with Crippen LogP contribution in [0.3, 0.4) is 0 Å². The number of likely N-dealkylation sites (N-methyl/N-ethyl adjacent to an activating group) is 1. The number of rotatable bonds is 7. The second kappa shape index (κ2) is 9.91. The van der Waals surface area contributed by atoms with Gasteiger partial charge < -0.3 is 24.4 Å². The molecule has 1 N–H and O–H groups in total. The molecule has 0 spiro atoms. The molecule has 7 nitrogen and oxygen atoms in total. The summed E-state index contributed by atoms with van der Waals surface area (Å²) in [5, 5.41) is 2.89. The fourth-order valence-corrected chi connectivity index (χ4v) is 3.50. The number of anilines is 1. The number of carbonyl (C=O) groups is 2. The number of hydrogen-bond acceptors (Lipinski definition) is 5. The molecule has 1 heterocycles. The van der Waals surface area contributed by atoms with Crippen molar-refractivity contribution in [3.63, 3.8) is 0 Å². The molecule has 4 rings (SSSR count). The van der Waals surface area contributed by atoms with Crippen molar-refractivity contribution in [1.29, 1.82) is 0 Å². The van der Waals surface area contributed by atoms with Crippen LogP contribution in [0.5, 0.6) is 17.2 Å². The van der Waals surface area contributed by atoms with Crippen LogP contribution in [0.25, 0.3) is 6.08 Å². The van der Waals surface area contributed by atoms with E-state index in [0.29, 0.717) is 28.5 Å². The standard InChI is InChI=1S/C26H24N2O5/c1-28(24(29)15-9-18-8-14-22-23(16-18)33-17-32-22)25(19-6-4-3-5-7-19)26(30)27-20-10-12-21(31-2)13-11-20/h3-16,25H,17H2,1-2H3,(H,27,30)/b15-9+/t25-/m1/s1. The molecule has 2 amide bonds. The number of ether oxygens (including phenoxy) is 3. The minimum absolute atomic E-state index is 0.187. The Morgan fingerprint density at radius 3 is 2.45 bits per heavy atom. The van der Waals surface area contributed by atoms with Crippen LogP contribution in [-0.2, 0) is 9.59 Å². The molecule has 1 aliphatic heterocycles. The van der Waals surface area contributed by atoms with Crippen molar-refractivity contribution in [1.82, 2.24) is 4.90 Å². The quantitative estimate of drug-likeness (QED) is 0.551. The zero-order chi connectivity index (χ0) is 23.2. The predicted octanol–water partition coefficient (Wildman–Crippen LogP) is 4.28. The number of nitrogens with zero attached hydrogens (tertiary/aromatic N) is 1. The molecular formula is C26H24N2O5. The molecule has 168 valence electrons. The van der Waals surface area contributed by atoms with E-state index in [1.54, 1.807) is 56.6 Å². The predicted molar refractivity (Wildman–Crippen MR) is 125 cm³/mol. The highest BCUT2D eigenvalue weighted by atomic mass is 16.7. The van der Waals surface area contributed by atoms with Gasteiger partial charge in [0.1, 0.15) is 11.8 Å². The molecule has 0 saturated heterocycles. The van der Waals surface area contributed by atoms with Gasteiger partial charge in [0.2, 0.25) is 12.7 Å². The van der Waals surface area contributed by atoms with Gasteiger partial charge in [0.25, 0.3) is 5.91 Å². The first-order valence-electron chi connectivity index (χ1n) is 10.4. The lowest BCUT2D eigenvalue weighted by Gasteiger charge is -2.27. The van der Waals surface area contributed by atoms with Crippen LogP contribution in [0, 0.1) is 0 Å². The van der Waals surface area contributed by atoms with Gasteiger partial charge in [-0.25, -0.2) is 0 Å². The number of benzene rings is 3. The van der Waals surface area contributed by atoms with Crippen molar-refractivity contribution in [3.05, 3.63) is 90.0 Å². The number of nitrogens with one attached hydrogen (secondary N) is 1. The zero-order valence-electron chi connectivity index (χ0n) is 18.4. The third-order valence-electron chi connectivity index (χ3n) is 5.27. The summed E-state index contributed by atoms with van der Waals surface area (Å²) >= 11 is 0. The van der Waals surface area contributed by atoms with E-state index in [9.17, 15) is 9.59 Å². The largest absolute Gasteiger partial charge is 0.497 e. The summed E-state index contributed by atoms with van der Waals surface area (Å²) in [7, 11) is 3.19. The van der Waals surface area contributed by atoms with E-state index in [4.69, 9.17) is 14.2 Å². The first kappa shape index (κ1) is 22.0. The topological polar surface area (TPSA) is 77.1 Å². The average molecular weight is 444 g/mol. The lowest BCUT2D eigenvalue weighted by Crippen LogP contribution is -2.37. The lowest BCUT2D eigenvalue weighted by atomic mass is 10.0. The zero-order valence-corrected chi connectivity index (χ0v) is 18.4. The Kier molecular flexibility index (Phi) is 6.59. The van der Waals surface area contributed by atoms with E-state index in [2.05, 4.69) is 5.32 Å². The van der Waals surface area contributed by atoms with E-state index >= 15 is 0 Å². The fraction of sp³-hybridized carbons (Fsp3) is 0.154. The maximum absolute atomic E-state index is 13.2. The number of hydrogen-bond donors (Lipinski definition) is 1. The van der Waals surface area contributed by atoms with Crippen molar-refractivity contribution in [3.8, 4) is 17.2 Å². The van der Waals surface area contributed by atoms with Crippen LogP contribution in [0.2, 0.25) is 0 Å². The Morgan fingerprint density at radius 2 is 1.73 bits per heavy atom. The van der Waals surface area contributed by atoms with Crippen LogP contribution < -0.4 is 19.5 Å². The Labute approximate surface area is 192 Å². The molecule has 0 aliphatic carbocycles. The third kappa shape index (κ3) is 5.15. The number of carbonyl (C=O) groups excluding carboxylic acids is 2. The molecule has 1 atom stereocenters. The Hall–Kier alpha value is -4.26. The van der Waals surface area contributed by atoms with Crippen molar-refractivity contribution in [2.45, 2.75) is 6.04 Å². The molecule has 0 unspecified atom stereocenters. The van der Waals surface area contributed by atoms with Crippen LogP contribution in [-0.4, -0.2) is 37.7 Å². The summed E-state index contributed by atoms with van der Waals surface area (Å²) in [5.74, 6) is 1.37. The molecule has 0 saturated carbocycles. The average Bonchev–Trinajstić information content (AvgIpc) is 3.32. The summed E-state index contributed by atoms with van der Waals surface area (Å²) in [5.41, 5.74) is 2.11. The smallest absolute Gasteiger partial charge is 0.251 e. The third-order valence-corrected chi connectivity index (χ3v) is 5.27. The highest BCUT2D eigenvalue weighted by molar-refractivity contribution is 6.00. The summed E-state index contributed by atoms with van der Waals surface area (Å²) in [4.78, 5) is 27.6. The van der Waals surface area contributed by atoms with Crippen LogP contribution in [0.4, 0.5) is 5.69 Å². The van der Waals surface area contributed by atoms with E-state index in [1.165, 1.54) is 11.0 Å². The molecule has 3 aromatic rings. The second-order valence-corrected chi connectivity index (χ2v) is 7.43. The monoisotopic (exact) mass is 444 g/mol. The van der Waals surface area contributed by atoms with Gasteiger partial charge in [-0.3, -0.25) is 9.59 Å². The van der Waals surface area contributed by atoms with Crippen LogP contribution in [0.15, 0.2) is 78.9 Å². The maximum atomic E-state index is 13.2. The molecule has 0 bridgehead atoms. The second-order valence-electron chi connectivity index (χ2n) is 7.43. The normalized spacial score (nSPS) is 12.9. The minimum Gasteiger partial charge on any atom is -0.497 e. The van der Waals surface area contributed by atoms with E-state index in [1.807, 2.05) is 36.4 Å². The lowest BCUT2D eigenvalue weighted by molar-refractivity contribution is -0.133. The molecule has 7 heteroatoms.